The Morgan fingerprint density at radius 3 is 2.61 bits per heavy atom. The number of methoxy groups -OCH3 is 1. The van der Waals surface area contributed by atoms with E-state index in [1.165, 1.54) is 0 Å². The number of carbonyl (C=O) groups excluding carboxylic acids is 1. The molecule has 1 unspecified atom stereocenters. The van der Waals surface area contributed by atoms with Gasteiger partial charge >= 0.3 is 13.6 Å². The van der Waals surface area contributed by atoms with Crippen molar-refractivity contribution in [2.45, 2.75) is 20.3 Å². The minimum Gasteiger partial charge on any atom is -0.497 e. The number of rotatable bonds is 11. The Morgan fingerprint density at radius 1 is 1.25 bits per heavy atom. The van der Waals surface area contributed by atoms with Crippen LogP contribution in [0, 0.1) is 0 Å². The summed E-state index contributed by atoms with van der Waals surface area (Å²) in [6.45, 7) is 4.62. The second-order valence-electron chi connectivity index (χ2n) is 6.51. The van der Waals surface area contributed by atoms with Crippen LogP contribution in [0.2, 0.25) is 0 Å². The normalized spacial score (nSPS) is 13.6. The molecule has 9 heteroatoms. The number of nitrogens with zero attached hydrogens (tertiary/aromatic N) is 2. The van der Waals surface area contributed by atoms with Gasteiger partial charge in [0.15, 0.2) is 0 Å². The van der Waals surface area contributed by atoms with Gasteiger partial charge < -0.3 is 18.9 Å². The van der Waals surface area contributed by atoms with Crippen LogP contribution in [-0.2, 0) is 25.0 Å². The van der Waals surface area contributed by atoms with Gasteiger partial charge in [-0.2, -0.15) is 0 Å². The Bertz CT molecular complexity index is 849. The topological polar surface area (TPSA) is 82.0 Å². The molecule has 0 aliphatic heterocycles. The van der Waals surface area contributed by atoms with E-state index in [2.05, 4.69) is 9.99 Å². The summed E-state index contributed by atoms with van der Waals surface area (Å²) >= 11 is 0. The number of nitrogens with one attached hydrogen (secondary N) is 1. The Labute approximate surface area is 166 Å². The summed E-state index contributed by atoms with van der Waals surface area (Å²) in [5, 5.41) is 3.75. The SMILES string of the molecule is CCOC(=O)CNP(=O)(OCC)n1cc(CCN(C)C)c2ccc(OC)cc21. The van der Waals surface area contributed by atoms with Crippen molar-refractivity contribution in [3.05, 3.63) is 30.0 Å². The molecule has 1 aromatic carbocycles. The van der Waals surface area contributed by atoms with Crippen LogP contribution in [0.3, 0.4) is 0 Å². The number of carbonyl (C=O) groups is 1. The lowest BCUT2D eigenvalue weighted by Gasteiger charge is -2.20. The van der Waals surface area contributed by atoms with Crippen LogP contribution in [-0.4, -0.2) is 62.7 Å². The average Bonchev–Trinajstić information content (AvgIpc) is 3.03. The number of esters is 1. The highest BCUT2D eigenvalue weighted by Gasteiger charge is 2.29. The predicted molar refractivity (Wildman–Crippen MR) is 110 cm³/mol. The van der Waals surface area contributed by atoms with E-state index in [0.717, 1.165) is 29.4 Å². The van der Waals surface area contributed by atoms with E-state index in [0.29, 0.717) is 5.75 Å². The number of aromatic nitrogens is 1. The summed E-state index contributed by atoms with van der Waals surface area (Å²) in [5.74, 6) is 0.170. The molecule has 8 nitrogen and oxygen atoms in total. The zero-order valence-electron chi connectivity index (χ0n) is 17.2. The zero-order chi connectivity index (χ0) is 20.7. The molecule has 0 fully saturated rings. The number of likely N-dealkylation sites (N-methyl/N-ethyl adjacent to an activating group) is 1. The van der Waals surface area contributed by atoms with Crippen molar-refractivity contribution < 1.29 is 23.4 Å². The molecule has 0 amide bonds. The minimum absolute atomic E-state index is 0.207. The van der Waals surface area contributed by atoms with Crippen molar-refractivity contribution in [3.63, 3.8) is 0 Å². The highest BCUT2D eigenvalue weighted by Crippen LogP contribution is 2.47. The second-order valence-corrected chi connectivity index (χ2v) is 8.56. The first-order valence-corrected chi connectivity index (χ1v) is 10.9. The standard InChI is InChI=1S/C19H30N3O5P/c1-6-26-19(23)13-20-28(24,27-7-2)22-14-15(10-11-21(3)4)17-9-8-16(25-5)12-18(17)22/h8-9,12,14H,6-7,10-11,13H2,1-5H3,(H,20,24). The molecule has 1 N–H and O–H groups in total. The first kappa shape index (κ1) is 22.4. The summed E-state index contributed by atoms with van der Waals surface area (Å²) in [6, 6.07) is 5.66. The van der Waals surface area contributed by atoms with Crippen LogP contribution in [0.1, 0.15) is 19.4 Å². The third-order valence-corrected chi connectivity index (χ3v) is 6.28. The second kappa shape index (κ2) is 10.1. The molecule has 1 atom stereocenters. The highest BCUT2D eigenvalue weighted by molar-refractivity contribution is 7.55. The number of hydrogen-bond acceptors (Lipinski definition) is 6. The number of ether oxygens (including phenoxy) is 2. The Kier molecular flexibility index (Phi) is 8.07. The van der Waals surface area contributed by atoms with Crippen LogP contribution in [0.25, 0.3) is 10.9 Å². The van der Waals surface area contributed by atoms with Crippen molar-refractivity contribution in [3.8, 4) is 5.75 Å². The van der Waals surface area contributed by atoms with Gasteiger partial charge in [-0.3, -0.25) is 9.13 Å². The minimum atomic E-state index is -3.55. The van der Waals surface area contributed by atoms with E-state index < -0.39 is 13.6 Å². The maximum Gasteiger partial charge on any atom is 0.373 e. The molecule has 1 heterocycles. The van der Waals surface area contributed by atoms with Crippen molar-refractivity contribution in [2.24, 2.45) is 0 Å². The Balaban J connectivity index is 2.49. The highest BCUT2D eigenvalue weighted by atomic mass is 31.2. The lowest BCUT2D eigenvalue weighted by atomic mass is 10.1. The molecule has 0 radical (unpaired) electrons. The molecule has 0 aliphatic rings. The lowest BCUT2D eigenvalue weighted by Crippen LogP contribution is -2.26. The van der Waals surface area contributed by atoms with Gasteiger partial charge in [0.05, 0.1) is 25.8 Å². The molecule has 0 bridgehead atoms. The van der Waals surface area contributed by atoms with Crippen LogP contribution in [0.5, 0.6) is 5.75 Å². The maximum absolute atomic E-state index is 13.7. The molecule has 0 aliphatic carbocycles. The quantitative estimate of drug-likeness (QED) is 0.450. The molecule has 0 spiro atoms. The molecule has 0 saturated heterocycles. The van der Waals surface area contributed by atoms with Gasteiger partial charge in [0, 0.05) is 24.2 Å². The molecular weight excluding hydrogens is 381 g/mol. The number of benzene rings is 1. The van der Waals surface area contributed by atoms with E-state index >= 15 is 0 Å². The van der Waals surface area contributed by atoms with Crippen LogP contribution >= 0.6 is 7.67 Å². The van der Waals surface area contributed by atoms with Crippen LogP contribution in [0.4, 0.5) is 0 Å². The van der Waals surface area contributed by atoms with Gasteiger partial charge in [-0.1, -0.05) is 0 Å². The van der Waals surface area contributed by atoms with Crippen LogP contribution in [0.15, 0.2) is 24.4 Å². The van der Waals surface area contributed by atoms with Gasteiger partial charge in [0.2, 0.25) is 0 Å². The summed E-state index contributed by atoms with van der Waals surface area (Å²) in [6.07, 6.45) is 2.62. The van der Waals surface area contributed by atoms with Crippen molar-refractivity contribution in [1.29, 1.82) is 0 Å². The molecule has 0 saturated carbocycles. The van der Waals surface area contributed by atoms with Crippen molar-refractivity contribution in [1.82, 2.24) is 14.3 Å². The smallest absolute Gasteiger partial charge is 0.373 e. The fraction of sp³-hybridized carbons (Fsp3) is 0.526. The van der Waals surface area contributed by atoms with Gasteiger partial charge in [0.25, 0.3) is 0 Å². The first-order valence-electron chi connectivity index (χ1n) is 9.33. The van der Waals surface area contributed by atoms with Gasteiger partial charge in [-0.05, 0) is 52.1 Å². The molecular formula is C19H30N3O5P. The van der Waals surface area contributed by atoms with Crippen molar-refractivity contribution in [2.75, 3.05) is 47.5 Å². The first-order chi connectivity index (χ1) is 13.3. The fourth-order valence-corrected chi connectivity index (χ4v) is 4.67. The average molecular weight is 411 g/mol. The van der Waals surface area contributed by atoms with Crippen LogP contribution < -0.4 is 9.82 Å². The van der Waals surface area contributed by atoms with E-state index in [-0.39, 0.29) is 19.8 Å². The van der Waals surface area contributed by atoms with Gasteiger partial charge in [-0.25, -0.2) is 9.65 Å². The molecule has 28 heavy (non-hydrogen) atoms. The summed E-state index contributed by atoms with van der Waals surface area (Å²) < 4.78 is 31.1. The maximum atomic E-state index is 13.7. The third kappa shape index (κ3) is 5.35. The largest absolute Gasteiger partial charge is 0.497 e. The molecule has 2 rings (SSSR count). The Hall–Kier alpha value is -1.86. The van der Waals surface area contributed by atoms with E-state index in [4.69, 9.17) is 14.0 Å². The summed E-state index contributed by atoms with van der Waals surface area (Å²) in [4.78, 5) is 13.9. The fourth-order valence-electron chi connectivity index (χ4n) is 2.88. The predicted octanol–water partition coefficient (Wildman–Crippen LogP) is 2.90. The van der Waals surface area contributed by atoms with E-state index in [9.17, 15) is 9.36 Å². The Morgan fingerprint density at radius 2 is 2.00 bits per heavy atom. The molecule has 2 aromatic rings. The molecule has 156 valence electrons. The molecule has 1 aromatic heterocycles. The monoisotopic (exact) mass is 411 g/mol. The number of fused-ring (bicyclic) bond motifs is 1. The summed E-state index contributed by atoms with van der Waals surface area (Å²) in [5.41, 5.74) is 1.77. The van der Waals surface area contributed by atoms with E-state index in [1.54, 1.807) is 25.3 Å². The third-order valence-electron chi connectivity index (χ3n) is 4.22. The number of hydrogen-bond donors (Lipinski definition) is 1. The van der Waals surface area contributed by atoms with Gasteiger partial charge in [-0.15, -0.1) is 0 Å². The van der Waals surface area contributed by atoms with E-state index in [1.807, 2.05) is 38.5 Å². The van der Waals surface area contributed by atoms with Crippen molar-refractivity contribution >= 4 is 24.5 Å². The van der Waals surface area contributed by atoms with Gasteiger partial charge in [0.1, 0.15) is 12.3 Å². The zero-order valence-corrected chi connectivity index (χ0v) is 18.1. The lowest BCUT2D eigenvalue weighted by molar-refractivity contribution is -0.141. The summed E-state index contributed by atoms with van der Waals surface area (Å²) in [7, 11) is 2.05.